The number of carbonyl (C=O) groups is 1. The molecule has 5 heteroatoms. The van der Waals surface area contributed by atoms with Crippen LogP contribution in [-0.4, -0.2) is 37.1 Å². The summed E-state index contributed by atoms with van der Waals surface area (Å²) in [6.07, 6.45) is 6.89. The number of nitrogens with zero attached hydrogens (tertiary/aromatic N) is 1. The van der Waals surface area contributed by atoms with Gasteiger partial charge in [-0.05, 0) is 25.0 Å². The first-order chi connectivity index (χ1) is 10.1. The van der Waals surface area contributed by atoms with E-state index in [2.05, 4.69) is 5.92 Å². The molecule has 0 spiro atoms. The Morgan fingerprint density at radius 2 is 2.29 bits per heavy atom. The molecule has 3 nitrogen and oxygen atoms in total. The molecule has 1 atom stereocenters. The number of hydrogen-bond donors (Lipinski definition) is 0. The second kappa shape index (κ2) is 7.19. The summed E-state index contributed by atoms with van der Waals surface area (Å²) in [6, 6.07) is 3.00. The Bertz CT molecular complexity index is 554. The van der Waals surface area contributed by atoms with Gasteiger partial charge in [0, 0.05) is 25.1 Å². The van der Waals surface area contributed by atoms with Crippen LogP contribution < -0.4 is 0 Å². The van der Waals surface area contributed by atoms with Crippen LogP contribution in [0.3, 0.4) is 0 Å². The Balaban J connectivity index is 2.00. The molecule has 0 aliphatic carbocycles. The van der Waals surface area contributed by atoms with Gasteiger partial charge in [-0.15, -0.1) is 6.42 Å². The lowest BCUT2D eigenvalue weighted by atomic mass is 9.98. The predicted octanol–water partition coefficient (Wildman–Crippen LogP) is 2.47. The van der Waals surface area contributed by atoms with Gasteiger partial charge in [0.2, 0.25) is 0 Å². The Labute approximate surface area is 122 Å². The maximum absolute atomic E-state index is 13.7. The number of benzene rings is 1. The third-order valence-corrected chi connectivity index (χ3v) is 3.51. The van der Waals surface area contributed by atoms with Crippen LogP contribution in [-0.2, 0) is 4.74 Å². The van der Waals surface area contributed by atoms with Crippen LogP contribution in [0.15, 0.2) is 18.2 Å². The lowest BCUT2D eigenvalue weighted by Crippen LogP contribution is -2.41. The van der Waals surface area contributed by atoms with Crippen molar-refractivity contribution < 1.29 is 18.3 Å². The number of halogens is 2. The molecule has 1 unspecified atom stereocenters. The molecule has 0 saturated carbocycles. The molecule has 0 N–H and O–H groups in total. The van der Waals surface area contributed by atoms with Crippen LogP contribution >= 0.6 is 0 Å². The second-order valence-electron chi connectivity index (χ2n) is 5.10. The molecule has 1 aliphatic heterocycles. The van der Waals surface area contributed by atoms with Crippen LogP contribution in [0, 0.1) is 29.9 Å². The average Bonchev–Trinajstić information content (AvgIpc) is 2.47. The van der Waals surface area contributed by atoms with Gasteiger partial charge in [-0.25, -0.2) is 8.78 Å². The maximum atomic E-state index is 13.7. The topological polar surface area (TPSA) is 29.5 Å². The van der Waals surface area contributed by atoms with Crippen LogP contribution in [0.5, 0.6) is 0 Å². The molecule has 0 bridgehead atoms. The van der Waals surface area contributed by atoms with E-state index in [1.165, 1.54) is 6.07 Å². The van der Waals surface area contributed by atoms with Gasteiger partial charge in [-0.3, -0.25) is 4.79 Å². The third-order valence-electron chi connectivity index (χ3n) is 3.51. The third kappa shape index (κ3) is 4.02. The second-order valence-corrected chi connectivity index (χ2v) is 5.10. The fourth-order valence-corrected chi connectivity index (χ4v) is 2.50. The summed E-state index contributed by atoms with van der Waals surface area (Å²) in [5, 5.41) is 0. The molecule has 2 rings (SSSR count). The average molecular weight is 293 g/mol. The Hall–Kier alpha value is -1.93. The van der Waals surface area contributed by atoms with Gasteiger partial charge in [-0.1, -0.05) is 5.92 Å². The van der Waals surface area contributed by atoms with Crippen molar-refractivity contribution in [3.8, 4) is 12.3 Å². The van der Waals surface area contributed by atoms with Gasteiger partial charge in [0.1, 0.15) is 18.2 Å². The van der Waals surface area contributed by atoms with E-state index in [0.29, 0.717) is 19.7 Å². The van der Waals surface area contributed by atoms with E-state index < -0.39 is 17.5 Å². The minimum Gasteiger partial charge on any atom is -0.368 e. The molecule has 1 aromatic carbocycles. The number of ether oxygens (including phenoxy) is 1. The first kappa shape index (κ1) is 15.5. The Morgan fingerprint density at radius 3 is 3.00 bits per heavy atom. The van der Waals surface area contributed by atoms with E-state index >= 15 is 0 Å². The van der Waals surface area contributed by atoms with Crippen LogP contribution in [0.4, 0.5) is 8.78 Å². The standard InChI is InChI=1S/C16H17F2NO2/c1-2-8-21-11-12-4-3-7-19(10-12)16(20)14-6-5-13(17)9-15(14)18/h1,5-6,9,12H,3-4,7-8,10-11H2. The molecule has 1 aromatic rings. The number of carbonyl (C=O) groups excluding carboxylic acids is 1. The molecular weight excluding hydrogens is 276 g/mol. The van der Waals surface area contributed by atoms with Gasteiger partial charge in [0.15, 0.2) is 0 Å². The van der Waals surface area contributed by atoms with Crippen molar-refractivity contribution in [2.75, 3.05) is 26.3 Å². The van der Waals surface area contributed by atoms with Crippen molar-refractivity contribution in [1.29, 1.82) is 0 Å². The SMILES string of the molecule is C#CCOCC1CCCN(C(=O)c2ccc(F)cc2F)C1. The number of amides is 1. The van der Waals surface area contributed by atoms with E-state index in [1.807, 2.05) is 0 Å². The lowest BCUT2D eigenvalue weighted by Gasteiger charge is -2.32. The Morgan fingerprint density at radius 1 is 1.48 bits per heavy atom. The summed E-state index contributed by atoms with van der Waals surface area (Å²) in [5.74, 6) is 0.658. The molecule has 0 radical (unpaired) electrons. The lowest BCUT2D eigenvalue weighted by molar-refractivity contribution is 0.0530. The summed E-state index contributed by atoms with van der Waals surface area (Å²) in [6.45, 7) is 1.80. The van der Waals surface area contributed by atoms with Gasteiger partial charge >= 0.3 is 0 Å². The fourth-order valence-electron chi connectivity index (χ4n) is 2.50. The van der Waals surface area contributed by atoms with Crippen molar-refractivity contribution >= 4 is 5.91 Å². The van der Waals surface area contributed by atoms with Crippen molar-refractivity contribution in [3.63, 3.8) is 0 Å². The molecular formula is C16H17F2NO2. The highest BCUT2D eigenvalue weighted by molar-refractivity contribution is 5.94. The fraction of sp³-hybridized carbons (Fsp3) is 0.438. The highest BCUT2D eigenvalue weighted by Gasteiger charge is 2.26. The highest BCUT2D eigenvalue weighted by Crippen LogP contribution is 2.20. The summed E-state index contributed by atoms with van der Waals surface area (Å²) in [4.78, 5) is 13.9. The molecule has 1 aliphatic rings. The van der Waals surface area contributed by atoms with Crippen LogP contribution in [0.2, 0.25) is 0 Å². The van der Waals surface area contributed by atoms with Crippen molar-refractivity contribution in [2.45, 2.75) is 12.8 Å². The zero-order valence-corrected chi connectivity index (χ0v) is 11.6. The minimum absolute atomic E-state index is 0.0957. The van der Waals surface area contributed by atoms with Gasteiger partial charge in [0.05, 0.1) is 12.2 Å². The molecule has 21 heavy (non-hydrogen) atoms. The summed E-state index contributed by atoms with van der Waals surface area (Å²) in [7, 11) is 0. The Kier molecular flexibility index (Phi) is 5.29. The van der Waals surface area contributed by atoms with E-state index in [-0.39, 0.29) is 18.1 Å². The monoisotopic (exact) mass is 293 g/mol. The van der Waals surface area contributed by atoms with Gasteiger partial charge in [0.25, 0.3) is 5.91 Å². The van der Waals surface area contributed by atoms with Crippen molar-refractivity contribution in [2.24, 2.45) is 5.92 Å². The van der Waals surface area contributed by atoms with E-state index in [4.69, 9.17) is 11.2 Å². The predicted molar refractivity (Wildman–Crippen MR) is 74.6 cm³/mol. The van der Waals surface area contributed by atoms with E-state index in [9.17, 15) is 13.6 Å². The molecule has 1 amide bonds. The molecule has 112 valence electrons. The van der Waals surface area contributed by atoms with E-state index in [0.717, 1.165) is 25.0 Å². The van der Waals surface area contributed by atoms with Crippen molar-refractivity contribution in [1.82, 2.24) is 4.90 Å². The van der Waals surface area contributed by atoms with Crippen LogP contribution in [0.1, 0.15) is 23.2 Å². The van der Waals surface area contributed by atoms with Crippen LogP contribution in [0.25, 0.3) is 0 Å². The minimum atomic E-state index is -0.828. The number of terminal acetylenes is 1. The normalized spacial score (nSPS) is 18.3. The van der Waals surface area contributed by atoms with E-state index in [1.54, 1.807) is 4.90 Å². The quantitative estimate of drug-likeness (QED) is 0.630. The summed E-state index contributed by atoms with van der Waals surface area (Å²) < 4.78 is 31.9. The highest BCUT2D eigenvalue weighted by atomic mass is 19.1. The molecule has 0 aromatic heterocycles. The number of likely N-dealkylation sites (tertiary alicyclic amines) is 1. The number of hydrogen-bond acceptors (Lipinski definition) is 2. The largest absolute Gasteiger partial charge is 0.368 e. The first-order valence-electron chi connectivity index (χ1n) is 6.87. The maximum Gasteiger partial charge on any atom is 0.256 e. The summed E-state index contributed by atoms with van der Waals surface area (Å²) in [5.41, 5.74) is -0.0957. The zero-order chi connectivity index (χ0) is 15.2. The summed E-state index contributed by atoms with van der Waals surface area (Å²) >= 11 is 0. The smallest absolute Gasteiger partial charge is 0.256 e. The van der Waals surface area contributed by atoms with Crippen molar-refractivity contribution in [3.05, 3.63) is 35.4 Å². The number of rotatable bonds is 4. The van der Waals surface area contributed by atoms with Gasteiger partial charge < -0.3 is 9.64 Å². The molecule has 1 heterocycles. The first-order valence-corrected chi connectivity index (χ1v) is 6.87. The molecule has 1 saturated heterocycles. The van der Waals surface area contributed by atoms with Gasteiger partial charge in [-0.2, -0.15) is 0 Å². The molecule has 1 fully saturated rings. The zero-order valence-electron chi connectivity index (χ0n) is 11.6. The number of piperidine rings is 1.